The van der Waals surface area contributed by atoms with Crippen LogP contribution in [-0.2, 0) is 4.74 Å². The number of methoxy groups -OCH3 is 1. The predicted molar refractivity (Wildman–Crippen MR) is 74.1 cm³/mol. The van der Waals surface area contributed by atoms with E-state index in [-0.39, 0.29) is 0 Å². The van der Waals surface area contributed by atoms with E-state index in [4.69, 9.17) is 21.1 Å². The molecule has 6 heteroatoms. The topological polar surface area (TPSA) is 56.3 Å². The molecular weight excluding hydrogens is 266 g/mol. The van der Waals surface area contributed by atoms with Crippen LogP contribution in [0.3, 0.4) is 0 Å². The Labute approximate surface area is 116 Å². The second-order valence-electron chi connectivity index (χ2n) is 3.72. The first kappa shape index (κ1) is 13.6. The number of halogens is 1. The van der Waals surface area contributed by atoms with Crippen LogP contribution in [0.5, 0.6) is 5.75 Å². The molecule has 0 bridgehead atoms. The van der Waals surface area contributed by atoms with E-state index in [0.29, 0.717) is 24.2 Å². The van der Waals surface area contributed by atoms with Crippen LogP contribution in [-0.4, -0.2) is 30.3 Å². The normalized spacial score (nSPS) is 10.2. The lowest BCUT2D eigenvalue weighted by molar-refractivity contribution is 0.146. The SMILES string of the molecule is COCCOc1ccc(Nc2cc(Cl)ncn2)cc1. The van der Waals surface area contributed by atoms with Gasteiger partial charge in [-0.2, -0.15) is 0 Å². The van der Waals surface area contributed by atoms with Crippen molar-refractivity contribution in [2.75, 3.05) is 25.6 Å². The lowest BCUT2D eigenvalue weighted by Crippen LogP contribution is -2.04. The number of ether oxygens (including phenoxy) is 2. The average molecular weight is 280 g/mol. The molecule has 1 N–H and O–H groups in total. The lowest BCUT2D eigenvalue weighted by atomic mass is 10.3. The van der Waals surface area contributed by atoms with Gasteiger partial charge in [0.15, 0.2) is 0 Å². The number of nitrogens with zero attached hydrogens (tertiary/aromatic N) is 2. The number of anilines is 2. The number of nitrogens with one attached hydrogen (secondary N) is 1. The summed E-state index contributed by atoms with van der Waals surface area (Å²) in [5.41, 5.74) is 0.897. The standard InChI is InChI=1S/C13H14ClN3O2/c1-18-6-7-19-11-4-2-10(3-5-11)17-13-8-12(14)15-9-16-13/h2-5,8-9H,6-7H2,1H3,(H,15,16,17). The number of hydrogen-bond donors (Lipinski definition) is 1. The third kappa shape index (κ3) is 4.39. The van der Waals surface area contributed by atoms with E-state index in [1.807, 2.05) is 24.3 Å². The maximum atomic E-state index is 5.78. The van der Waals surface area contributed by atoms with Crippen LogP contribution >= 0.6 is 11.6 Å². The summed E-state index contributed by atoms with van der Waals surface area (Å²) in [6, 6.07) is 9.21. The second-order valence-corrected chi connectivity index (χ2v) is 4.10. The first-order valence-electron chi connectivity index (χ1n) is 5.74. The van der Waals surface area contributed by atoms with Crippen LogP contribution in [0.1, 0.15) is 0 Å². The Morgan fingerprint density at radius 1 is 1.16 bits per heavy atom. The minimum absolute atomic E-state index is 0.400. The van der Waals surface area contributed by atoms with E-state index < -0.39 is 0 Å². The van der Waals surface area contributed by atoms with E-state index in [9.17, 15) is 0 Å². The summed E-state index contributed by atoms with van der Waals surface area (Å²) in [5.74, 6) is 1.44. The van der Waals surface area contributed by atoms with Crippen molar-refractivity contribution in [1.29, 1.82) is 0 Å². The third-order valence-electron chi connectivity index (χ3n) is 2.32. The molecule has 0 fully saturated rings. The van der Waals surface area contributed by atoms with Crippen molar-refractivity contribution in [2.24, 2.45) is 0 Å². The fraction of sp³-hybridized carbons (Fsp3) is 0.231. The highest BCUT2D eigenvalue weighted by atomic mass is 35.5. The van der Waals surface area contributed by atoms with Gasteiger partial charge in [0, 0.05) is 18.9 Å². The molecule has 2 rings (SSSR count). The summed E-state index contributed by atoms with van der Waals surface area (Å²) in [7, 11) is 1.64. The quantitative estimate of drug-likeness (QED) is 0.651. The molecule has 19 heavy (non-hydrogen) atoms. The Morgan fingerprint density at radius 3 is 2.63 bits per heavy atom. The van der Waals surface area contributed by atoms with Crippen LogP contribution in [0.2, 0.25) is 5.15 Å². The van der Waals surface area contributed by atoms with Gasteiger partial charge >= 0.3 is 0 Å². The monoisotopic (exact) mass is 279 g/mol. The Kier molecular flexibility index (Phi) is 4.94. The molecular formula is C13H14ClN3O2. The minimum Gasteiger partial charge on any atom is -0.491 e. The molecule has 5 nitrogen and oxygen atoms in total. The molecule has 0 atom stereocenters. The summed E-state index contributed by atoms with van der Waals surface area (Å²) in [5, 5.41) is 3.52. The van der Waals surface area contributed by atoms with Crippen molar-refractivity contribution in [3.8, 4) is 5.75 Å². The van der Waals surface area contributed by atoms with Crippen LogP contribution < -0.4 is 10.1 Å². The van der Waals surface area contributed by atoms with E-state index >= 15 is 0 Å². The van der Waals surface area contributed by atoms with Gasteiger partial charge in [-0.15, -0.1) is 0 Å². The van der Waals surface area contributed by atoms with E-state index in [0.717, 1.165) is 11.4 Å². The molecule has 0 unspecified atom stereocenters. The van der Waals surface area contributed by atoms with Crippen molar-refractivity contribution in [2.45, 2.75) is 0 Å². The van der Waals surface area contributed by atoms with Gasteiger partial charge in [0.05, 0.1) is 6.61 Å². The highest BCUT2D eigenvalue weighted by Crippen LogP contribution is 2.19. The van der Waals surface area contributed by atoms with E-state index in [2.05, 4.69) is 15.3 Å². The molecule has 0 saturated heterocycles. The maximum absolute atomic E-state index is 5.78. The van der Waals surface area contributed by atoms with E-state index in [1.165, 1.54) is 6.33 Å². The van der Waals surface area contributed by atoms with Crippen molar-refractivity contribution in [3.63, 3.8) is 0 Å². The van der Waals surface area contributed by atoms with Crippen LogP contribution in [0.4, 0.5) is 11.5 Å². The zero-order valence-electron chi connectivity index (χ0n) is 10.5. The molecule has 0 aliphatic rings. The van der Waals surface area contributed by atoms with Gasteiger partial charge in [-0.3, -0.25) is 0 Å². The van der Waals surface area contributed by atoms with Gasteiger partial charge in [0.1, 0.15) is 29.7 Å². The van der Waals surface area contributed by atoms with Crippen LogP contribution in [0.15, 0.2) is 36.7 Å². The van der Waals surface area contributed by atoms with Gasteiger partial charge in [0.2, 0.25) is 0 Å². The Bertz CT molecular complexity index is 520. The molecule has 0 amide bonds. The largest absolute Gasteiger partial charge is 0.491 e. The lowest BCUT2D eigenvalue weighted by Gasteiger charge is -2.08. The molecule has 0 aliphatic carbocycles. The van der Waals surface area contributed by atoms with Crippen LogP contribution in [0.25, 0.3) is 0 Å². The van der Waals surface area contributed by atoms with Crippen molar-refractivity contribution in [3.05, 3.63) is 41.8 Å². The van der Waals surface area contributed by atoms with Gasteiger partial charge < -0.3 is 14.8 Å². The number of aromatic nitrogens is 2. The molecule has 0 radical (unpaired) electrons. The predicted octanol–water partition coefficient (Wildman–Crippen LogP) is 2.90. The molecule has 1 aromatic heterocycles. The molecule has 0 aliphatic heterocycles. The zero-order chi connectivity index (χ0) is 13.5. The second kappa shape index (κ2) is 6.92. The molecule has 100 valence electrons. The molecule has 0 spiro atoms. The third-order valence-corrected chi connectivity index (χ3v) is 2.52. The van der Waals surface area contributed by atoms with Crippen LogP contribution in [0, 0.1) is 0 Å². The summed E-state index contributed by atoms with van der Waals surface area (Å²) < 4.78 is 10.4. The van der Waals surface area contributed by atoms with E-state index in [1.54, 1.807) is 13.2 Å². The zero-order valence-corrected chi connectivity index (χ0v) is 11.2. The molecule has 1 aromatic carbocycles. The van der Waals surface area contributed by atoms with Gasteiger partial charge in [-0.1, -0.05) is 11.6 Å². The summed E-state index contributed by atoms with van der Waals surface area (Å²) in [6.45, 7) is 1.10. The van der Waals surface area contributed by atoms with Gasteiger partial charge in [-0.05, 0) is 24.3 Å². The Hall–Kier alpha value is -1.85. The molecule has 2 aromatic rings. The van der Waals surface area contributed by atoms with Crippen molar-refractivity contribution in [1.82, 2.24) is 9.97 Å². The number of benzene rings is 1. The first-order chi connectivity index (χ1) is 9.28. The maximum Gasteiger partial charge on any atom is 0.135 e. The van der Waals surface area contributed by atoms with Gasteiger partial charge in [0.25, 0.3) is 0 Å². The highest BCUT2D eigenvalue weighted by Gasteiger charge is 1.99. The number of rotatable bonds is 6. The van der Waals surface area contributed by atoms with Crippen molar-refractivity contribution < 1.29 is 9.47 Å². The average Bonchev–Trinajstić information content (AvgIpc) is 2.41. The number of hydrogen-bond acceptors (Lipinski definition) is 5. The fourth-order valence-corrected chi connectivity index (χ4v) is 1.57. The summed E-state index contributed by atoms with van der Waals surface area (Å²) in [6.07, 6.45) is 1.41. The summed E-state index contributed by atoms with van der Waals surface area (Å²) in [4.78, 5) is 7.88. The summed E-state index contributed by atoms with van der Waals surface area (Å²) >= 11 is 5.78. The molecule has 1 heterocycles. The first-order valence-corrected chi connectivity index (χ1v) is 6.12. The smallest absolute Gasteiger partial charge is 0.135 e. The van der Waals surface area contributed by atoms with Gasteiger partial charge in [-0.25, -0.2) is 9.97 Å². The highest BCUT2D eigenvalue weighted by molar-refractivity contribution is 6.29. The van der Waals surface area contributed by atoms with Crippen molar-refractivity contribution >= 4 is 23.1 Å². The fourth-order valence-electron chi connectivity index (χ4n) is 1.43. The molecule has 0 saturated carbocycles. The Balaban J connectivity index is 1.95. The Morgan fingerprint density at radius 2 is 1.95 bits per heavy atom. The minimum atomic E-state index is 0.400.